The first-order valence-corrected chi connectivity index (χ1v) is 6.09. The monoisotopic (exact) mass is 237 g/mol. The van der Waals surface area contributed by atoms with Gasteiger partial charge in [-0.2, -0.15) is 0 Å². The van der Waals surface area contributed by atoms with Gasteiger partial charge >= 0.3 is 0 Å². The first-order valence-electron chi connectivity index (χ1n) is 6.09. The number of methoxy groups -OCH3 is 1. The van der Waals surface area contributed by atoms with Crippen LogP contribution in [0.1, 0.15) is 19.4 Å². The molecule has 0 amide bonds. The van der Waals surface area contributed by atoms with E-state index in [1.54, 1.807) is 7.11 Å². The highest BCUT2D eigenvalue weighted by Gasteiger charge is 2.04. The van der Waals surface area contributed by atoms with Gasteiger partial charge in [0.15, 0.2) is 0 Å². The molecule has 0 aliphatic rings. The molecule has 0 spiro atoms. The third kappa shape index (κ3) is 5.09. The molecule has 96 valence electrons. The predicted octanol–water partition coefficient (Wildman–Crippen LogP) is 3.09. The van der Waals surface area contributed by atoms with Crippen LogP contribution in [-0.2, 0) is 4.74 Å². The predicted molar refractivity (Wildman–Crippen MR) is 71.9 cm³/mol. The average Bonchev–Trinajstić information content (AvgIpc) is 2.28. The number of nitrogens with one attached hydrogen (secondary N) is 1. The maximum Gasteiger partial charge on any atom is 0.142 e. The zero-order valence-electron chi connectivity index (χ0n) is 11.2. The van der Waals surface area contributed by atoms with E-state index in [1.807, 2.05) is 0 Å². The van der Waals surface area contributed by atoms with Crippen LogP contribution in [0.5, 0.6) is 5.75 Å². The lowest BCUT2D eigenvalue weighted by atomic mass is 10.2. The van der Waals surface area contributed by atoms with E-state index in [1.165, 1.54) is 5.56 Å². The molecule has 1 N–H and O–H groups in total. The maximum absolute atomic E-state index is 5.70. The fourth-order valence-corrected chi connectivity index (χ4v) is 1.44. The quantitative estimate of drug-likeness (QED) is 0.739. The fraction of sp³-hybridized carbons (Fsp3) is 0.571. The zero-order valence-corrected chi connectivity index (χ0v) is 11.2. The third-order valence-corrected chi connectivity index (χ3v) is 2.38. The molecule has 0 saturated carbocycles. The highest BCUT2D eigenvalue weighted by molar-refractivity contribution is 5.57. The van der Waals surface area contributed by atoms with E-state index >= 15 is 0 Å². The van der Waals surface area contributed by atoms with Crippen LogP contribution in [0.25, 0.3) is 0 Å². The van der Waals surface area contributed by atoms with Gasteiger partial charge in [0, 0.05) is 13.7 Å². The molecule has 0 aliphatic heterocycles. The minimum absolute atomic E-state index is 0.580. The molecule has 0 bridgehead atoms. The molecule has 1 aromatic carbocycles. The van der Waals surface area contributed by atoms with Gasteiger partial charge in [0.2, 0.25) is 0 Å². The summed E-state index contributed by atoms with van der Waals surface area (Å²) in [6.45, 7) is 8.58. The minimum Gasteiger partial charge on any atom is -0.489 e. The van der Waals surface area contributed by atoms with Crippen LogP contribution in [-0.4, -0.2) is 26.9 Å². The summed E-state index contributed by atoms with van der Waals surface area (Å²) in [5.74, 6) is 1.52. The van der Waals surface area contributed by atoms with Crippen molar-refractivity contribution >= 4 is 5.69 Å². The summed E-state index contributed by atoms with van der Waals surface area (Å²) in [5.41, 5.74) is 2.26. The van der Waals surface area contributed by atoms with E-state index in [-0.39, 0.29) is 0 Å². The molecule has 1 aromatic rings. The number of benzene rings is 1. The van der Waals surface area contributed by atoms with E-state index in [9.17, 15) is 0 Å². The average molecular weight is 237 g/mol. The van der Waals surface area contributed by atoms with Crippen molar-refractivity contribution in [2.75, 3.05) is 32.2 Å². The van der Waals surface area contributed by atoms with Crippen molar-refractivity contribution < 1.29 is 9.47 Å². The Labute approximate surface area is 104 Å². The molecule has 0 fully saturated rings. The summed E-state index contributed by atoms with van der Waals surface area (Å²) in [6, 6.07) is 6.21. The van der Waals surface area contributed by atoms with E-state index < -0.39 is 0 Å². The van der Waals surface area contributed by atoms with E-state index in [2.05, 4.69) is 44.3 Å². The molecule has 3 heteroatoms. The van der Waals surface area contributed by atoms with Gasteiger partial charge in [-0.1, -0.05) is 19.9 Å². The summed E-state index contributed by atoms with van der Waals surface area (Å²) in [6.07, 6.45) is 0. The van der Waals surface area contributed by atoms with Gasteiger partial charge in [-0.15, -0.1) is 0 Å². The first-order chi connectivity index (χ1) is 8.13. The van der Waals surface area contributed by atoms with Crippen molar-refractivity contribution in [1.82, 2.24) is 0 Å². The summed E-state index contributed by atoms with van der Waals surface area (Å²) >= 11 is 0. The Hall–Kier alpha value is -1.22. The van der Waals surface area contributed by atoms with Crippen molar-refractivity contribution in [2.45, 2.75) is 20.8 Å². The van der Waals surface area contributed by atoms with Crippen LogP contribution in [0.3, 0.4) is 0 Å². The Bertz CT molecular complexity index is 337. The molecule has 1 rings (SSSR count). The van der Waals surface area contributed by atoms with Crippen molar-refractivity contribution in [1.29, 1.82) is 0 Å². The van der Waals surface area contributed by atoms with E-state index in [4.69, 9.17) is 9.47 Å². The summed E-state index contributed by atoms with van der Waals surface area (Å²) < 4.78 is 10.7. The molecule has 3 nitrogen and oxygen atoms in total. The van der Waals surface area contributed by atoms with Crippen LogP contribution in [0.15, 0.2) is 18.2 Å². The molecular formula is C14H23NO2. The fourth-order valence-electron chi connectivity index (χ4n) is 1.44. The van der Waals surface area contributed by atoms with Crippen molar-refractivity contribution in [3.8, 4) is 5.75 Å². The van der Waals surface area contributed by atoms with E-state index in [0.717, 1.165) is 18.0 Å². The normalized spacial score (nSPS) is 10.6. The third-order valence-electron chi connectivity index (χ3n) is 2.38. The second-order valence-electron chi connectivity index (χ2n) is 4.62. The van der Waals surface area contributed by atoms with Crippen LogP contribution < -0.4 is 10.1 Å². The molecule has 0 radical (unpaired) electrons. The zero-order chi connectivity index (χ0) is 12.7. The van der Waals surface area contributed by atoms with Gasteiger partial charge in [0.25, 0.3) is 0 Å². The number of anilines is 1. The minimum atomic E-state index is 0.580. The topological polar surface area (TPSA) is 30.5 Å². The maximum atomic E-state index is 5.70. The highest BCUT2D eigenvalue weighted by atomic mass is 16.5. The smallest absolute Gasteiger partial charge is 0.142 e. The van der Waals surface area contributed by atoms with Crippen LogP contribution in [0.2, 0.25) is 0 Å². The number of rotatable bonds is 7. The number of hydrogen-bond donors (Lipinski definition) is 1. The van der Waals surface area contributed by atoms with E-state index in [0.29, 0.717) is 19.1 Å². The Balaban J connectivity index is 2.66. The lowest BCUT2D eigenvalue weighted by Crippen LogP contribution is -2.11. The number of ether oxygens (including phenoxy) is 2. The molecule has 0 atom stereocenters. The van der Waals surface area contributed by atoms with Gasteiger partial charge in [0.05, 0.1) is 12.3 Å². The van der Waals surface area contributed by atoms with Crippen molar-refractivity contribution in [3.05, 3.63) is 23.8 Å². The molecule has 0 saturated heterocycles. The first kappa shape index (κ1) is 13.8. The standard InChI is InChI=1S/C14H23NO2/c1-11(2)10-15-13-6-5-12(3)9-14(13)17-8-7-16-4/h5-6,9,11,15H,7-8,10H2,1-4H3. The van der Waals surface area contributed by atoms with Crippen LogP contribution in [0.4, 0.5) is 5.69 Å². The summed E-state index contributed by atoms with van der Waals surface area (Å²) in [4.78, 5) is 0. The second kappa shape index (κ2) is 7.17. The van der Waals surface area contributed by atoms with Crippen LogP contribution in [0, 0.1) is 12.8 Å². The largest absolute Gasteiger partial charge is 0.489 e. The van der Waals surface area contributed by atoms with Gasteiger partial charge in [-0.05, 0) is 30.5 Å². The molecule has 17 heavy (non-hydrogen) atoms. The second-order valence-corrected chi connectivity index (χ2v) is 4.62. The molecule has 0 aliphatic carbocycles. The summed E-state index contributed by atoms with van der Waals surface area (Å²) in [7, 11) is 1.68. The Morgan fingerprint density at radius 3 is 2.65 bits per heavy atom. The molecule has 0 heterocycles. The number of hydrogen-bond acceptors (Lipinski definition) is 3. The Morgan fingerprint density at radius 2 is 2.00 bits per heavy atom. The Morgan fingerprint density at radius 1 is 1.24 bits per heavy atom. The van der Waals surface area contributed by atoms with Gasteiger partial charge in [-0.3, -0.25) is 0 Å². The van der Waals surface area contributed by atoms with Crippen molar-refractivity contribution in [3.63, 3.8) is 0 Å². The molecule has 0 unspecified atom stereocenters. The van der Waals surface area contributed by atoms with Gasteiger partial charge < -0.3 is 14.8 Å². The lowest BCUT2D eigenvalue weighted by Gasteiger charge is -2.15. The highest BCUT2D eigenvalue weighted by Crippen LogP contribution is 2.25. The summed E-state index contributed by atoms with van der Waals surface area (Å²) in [5, 5.41) is 3.40. The van der Waals surface area contributed by atoms with Crippen molar-refractivity contribution in [2.24, 2.45) is 5.92 Å². The molecular weight excluding hydrogens is 214 g/mol. The Kier molecular flexibility index (Phi) is 5.84. The SMILES string of the molecule is COCCOc1cc(C)ccc1NCC(C)C. The lowest BCUT2D eigenvalue weighted by molar-refractivity contribution is 0.146. The van der Waals surface area contributed by atoms with Gasteiger partial charge in [0.1, 0.15) is 12.4 Å². The van der Waals surface area contributed by atoms with Gasteiger partial charge in [-0.25, -0.2) is 0 Å². The number of aryl methyl sites for hydroxylation is 1. The van der Waals surface area contributed by atoms with Crippen LogP contribution >= 0.6 is 0 Å². The molecule has 0 aromatic heterocycles.